The zero-order chi connectivity index (χ0) is 35.6. The number of carbonyl (C=O) groups excluding carboxylic acids is 1. The Labute approximate surface area is 281 Å². The number of aromatic nitrogens is 6. The Balaban J connectivity index is 1.14. The van der Waals surface area contributed by atoms with Crippen LogP contribution in [0.15, 0.2) is 113 Å². The van der Waals surface area contributed by atoms with Crippen LogP contribution in [0.1, 0.15) is 15.9 Å². The van der Waals surface area contributed by atoms with Gasteiger partial charge < -0.3 is 10.4 Å². The number of rotatable bonds is 10. The minimum atomic E-state index is -4.24. The number of carboxylic acids is 1. The van der Waals surface area contributed by atoms with Gasteiger partial charge in [-0.25, -0.2) is 33.5 Å². The lowest BCUT2D eigenvalue weighted by atomic mass is 10.0. The number of hydrogen-bond acceptors (Lipinski definition) is 10. The van der Waals surface area contributed by atoms with Gasteiger partial charge in [-0.1, -0.05) is 12.1 Å². The lowest BCUT2D eigenvalue weighted by molar-refractivity contribution is -0.139. The number of hydrogen-bond donors (Lipinski definition) is 3. The molecule has 4 heterocycles. The normalized spacial score (nSPS) is 12.0. The van der Waals surface area contributed by atoms with E-state index in [4.69, 9.17) is 0 Å². The van der Waals surface area contributed by atoms with E-state index in [-0.39, 0.29) is 28.2 Å². The van der Waals surface area contributed by atoms with Gasteiger partial charge in [-0.15, -0.1) is 0 Å². The number of benzene rings is 2. The van der Waals surface area contributed by atoms with Crippen molar-refractivity contribution >= 4 is 38.5 Å². The highest BCUT2D eigenvalue weighted by Crippen LogP contribution is 2.21. The first-order valence-electron chi connectivity index (χ1n) is 14.7. The van der Waals surface area contributed by atoms with Crippen molar-refractivity contribution in [2.24, 2.45) is 7.05 Å². The highest BCUT2D eigenvalue weighted by molar-refractivity contribution is 7.92. The van der Waals surface area contributed by atoms with Crippen molar-refractivity contribution in [1.82, 2.24) is 34.4 Å². The molecule has 0 bridgehead atoms. The third-order valence-electron chi connectivity index (χ3n) is 7.68. The van der Waals surface area contributed by atoms with Crippen molar-refractivity contribution < 1.29 is 27.5 Å². The second kappa shape index (κ2) is 13.5. The van der Waals surface area contributed by atoms with Gasteiger partial charge in [0.15, 0.2) is 5.03 Å². The molecule has 252 valence electrons. The highest BCUT2D eigenvalue weighted by Gasteiger charge is 2.24. The number of carboxylic acid groups (broad SMARTS) is 1. The van der Waals surface area contributed by atoms with E-state index in [9.17, 15) is 32.7 Å². The largest absolute Gasteiger partial charge is 0.480 e. The molecule has 0 unspecified atom stereocenters. The Bertz CT molecular complexity index is 2490. The number of fused-ring (bicyclic) bond motifs is 1. The number of anilines is 1. The smallest absolute Gasteiger partial charge is 0.335 e. The second-order valence-corrected chi connectivity index (χ2v) is 12.6. The summed E-state index contributed by atoms with van der Waals surface area (Å²) in [7, 11) is -2.74. The van der Waals surface area contributed by atoms with E-state index < -0.39 is 50.6 Å². The summed E-state index contributed by atoms with van der Waals surface area (Å²) in [5.74, 6) is -3.57. The predicted octanol–water partition coefficient (Wildman–Crippen LogP) is 2.30. The van der Waals surface area contributed by atoms with Crippen LogP contribution in [0.2, 0.25) is 0 Å². The topological polar surface area (TPSA) is 208 Å². The number of amides is 1. The number of nitrogens with zero attached hydrogens (tertiary/aromatic N) is 6. The van der Waals surface area contributed by atoms with Crippen LogP contribution in [0.3, 0.4) is 0 Å². The first-order chi connectivity index (χ1) is 23.9. The molecule has 0 aliphatic heterocycles. The third kappa shape index (κ3) is 6.70. The molecule has 0 radical (unpaired) electrons. The Morgan fingerprint density at radius 2 is 1.66 bits per heavy atom. The number of nitrogens with one attached hydrogen (secondary N) is 2. The van der Waals surface area contributed by atoms with Gasteiger partial charge in [-0.2, -0.15) is 8.42 Å². The number of halogens is 1. The zero-order valence-corrected chi connectivity index (χ0v) is 26.7. The lowest BCUT2D eigenvalue weighted by Gasteiger charge is -2.16. The number of pyridine rings is 2. The molecule has 6 aromatic rings. The molecule has 0 fully saturated rings. The van der Waals surface area contributed by atoms with Gasteiger partial charge in [0, 0.05) is 49.4 Å². The molecule has 4 aromatic heterocycles. The summed E-state index contributed by atoms with van der Waals surface area (Å²) >= 11 is 0. The molecule has 0 saturated heterocycles. The van der Waals surface area contributed by atoms with Crippen LogP contribution >= 0.6 is 0 Å². The van der Waals surface area contributed by atoms with Crippen LogP contribution < -0.4 is 21.3 Å². The van der Waals surface area contributed by atoms with Gasteiger partial charge in [0.2, 0.25) is 0 Å². The molecular weight excluding hydrogens is 671 g/mol. The Morgan fingerprint density at radius 1 is 0.920 bits per heavy atom. The number of carbonyl (C=O) groups is 2. The average molecular weight is 697 g/mol. The summed E-state index contributed by atoms with van der Waals surface area (Å²) in [6.45, 7) is 0. The summed E-state index contributed by atoms with van der Waals surface area (Å²) in [4.78, 5) is 66.7. The highest BCUT2D eigenvalue weighted by atomic mass is 32.2. The van der Waals surface area contributed by atoms with Gasteiger partial charge in [0.05, 0.1) is 34.0 Å². The molecule has 0 aliphatic rings. The summed E-state index contributed by atoms with van der Waals surface area (Å²) < 4.78 is 45.3. The number of sulfonamides is 1. The molecule has 17 heteroatoms. The van der Waals surface area contributed by atoms with Crippen molar-refractivity contribution in [3.05, 3.63) is 136 Å². The van der Waals surface area contributed by atoms with Crippen molar-refractivity contribution in [3.8, 4) is 16.8 Å². The van der Waals surface area contributed by atoms with Crippen molar-refractivity contribution in [1.29, 1.82) is 0 Å². The fraction of sp³-hybridized carbons (Fsp3) is 0.0909. The monoisotopic (exact) mass is 696 g/mol. The van der Waals surface area contributed by atoms with E-state index in [1.807, 2.05) is 0 Å². The first-order valence-corrected chi connectivity index (χ1v) is 16.1. The van der Waals surface area contributed by atoms with E-state index in [0.717, 1.165) is 22.8 Å². The molecule has 0 saturated carbocycles. The minimum Gasteiger partial charge on any atom is -0.480 e. The van der Waals surface area contributed by atoms with Gasteiger partial charge in [0.25, 0.3) is 21.5 Å². The van der Waals surface area contributed by atoms with Crippen LogP contribution in [0.5, 0.6) is 0 Å². The van der Waals surface area contributed by atoms with Gasteiger partial charge in [0.1, 0.15) is 18.2 Å². The maximum atomic E-state index is 15.1. The van der Waals surface area contributed by atoms with Crippen LogP contribution in [0.4, 0.5) is 10.1 Å². The van der Waals surface area contributed by atoms with Gasteiger partial charge in [-0.05, 0) is 54.1 Å². The van der Waals surface area contributed by atoms with E-state index in [1.54, 1.807) is 0 Å². The molecule has 3 N–H and O–H groups in total. The maximum absolute atomic E-state index is 15.1. The maximum Gasteiger partial charge on any atom is 0.335 e. The Hall–Kier alpha value is -6.62. The minimum absolute atomic E-state index is 0.201. The van der Waals surface area contributed by atoms with Crippen LogP contribution in [-0.2, 0) is 28.3 Å². The van der Waals surface area contributed by atoms with Crippen molar-refractivity contribution in [3.63, 3.8) is 0 Å². The molecule has 15 nitrogen and oxygen atoms in total. The number of aliphatic carboxylic acids is 1. The Morgan fingerprint density at radius 3 is 2.32 bits per heavy atom. The van der Waals surface area contributed by atoms with E-state index >= 15 is 4.39 Å². The van der Waals surface area contributed by atoms with Crippen molar-refractivity contribution in [2.45, 2.75) is 17.5 Å². The van der Waals surface area contributed by atoms with Crippen LogP contribution in [-0.4, -0.2) is 60.5 Å². The van der Waals surface area contributed by atoms with Gasteiger partial charge >= 0.3 is 11.7 Å². The molecular formula is C33H25FN8O7S. The van der Waals surface area contributed by atoms with E-state index in [0.29, 0.717) is 22.2 Å². The van der Waals surface area contributed by atoms with E-state index in [2.05, 4.69) is 30.0 Å². The molecule has 0 spiro atoms. The lowest BCUT2D eigenvalue weighted by Crippen LogP contribution is -2.42. The van der Waals surface area contributed by atoms with Gasteiger partial charge in [-0.3, -0.25) is 23.9 Å². The fourth-order valence-electron chi connectivity index (χ4n) is 5.10. The average Bonchev–Trinajstić information content (AvgIpc) is 3.11. The quantitative estimate of drug-likeness (QED) is 0.189. The fourth-order valence-corrected chi connectivity index (χ4v) is 6.08. The van der Waals surface area contributed by atoms with E-state index in [1.165, 1.54) is 91.4 Å². The number of aryl methyl sites for hydroxylation is 1. The molecule has 0 aliphatic carbocycles. The molecule has 50 heavy (non-hydrogen) atoms. The third-order valence-corrected chi connectivity index (χ3v) is 8.98. The predicted molar refractivity (Wildman–Crippen MR) is 178 cm³/mol. The molecule has 1 atom stereocenters. The molecule has 1 amide bonds. The molecule has 6 rings (SSSR count). The standard InChI is InChI=1S/C33H25FN8O7S/c1-41-28-17-35-11-10-25(28)31(44)42(33(41)47)23-6-2-19(3-7-23)12-27(32(45)46)39-30(43)24-8-5-22(13-26(24)34)40-50(48,49)29-9-4-20(16-38-29)21-14-36-18-37-15-21/h2-11,13-18,27,40H,12H2,1H3,(H,39,43)(H,45,46)/t27-/m0/s1. The summed E-state index contributed by atoms with van der Waals surface area (Å²) in [6.07, 6.45) is 8.37. The summed E-state index contributed by atoms with van der Waals surface area (Å²) in [5, 5.41) is 12.0. The Kier molecular flexibility index (Phi) is 8.97. The zero-order valence-electron chi connectivity index (χ0n) is 25.9. The summed E-state index contributed by atoms with van der Waals surface area (Å²) in [5.41, 5.74) is 0.341. The summed E-state index contributed by atoms with van der Waals surface area (Å²) in [6, 6.07) is 11.6. The second-order valence-electron chi connectivity index (χ2n) is 10.9. The van der Waals surface area contributed by atoms with Crippen LogP contribution in [0.25, 0.3) is 27.7 Å². The van der Waals surface area contributed by atoms with Crippen molar-refractivity contribution in [2.75, 3.05) is 4.72 Å². The molecule has 2 aromatic carbocycles. The van der Waals surface area contributed by atoms with Crippen LogP contribution in [0, 0.1) is 5.82 Å². The first kappa shape index (κ1) is 33.3. The SMILES string of the molecule is Cn1c(=O)n(-c2ccc(C[C@H](NC(=O)c3ccc(NS(=O)(=O)c4ccc(-c5cncnc5)cn4)cc3F)C(=O)O)cc2)c(=O)c2ccncc21.